The Balaban J connectivity index is 1.68. The number of hydrogen-bond acceptors (Lipinski definition) is 2. The molecule has 0 spiro atoms. The van der Waals surface area contributed by atoms with E-state index in [0.717, 1.165) is 22.3 Å². The van der Waals surface area contributed by atoms with E-state index in [1.807, 2.05) is 67.6 Å². The molecule has 0 aliphatic carbocycles. The van der Waals surface area contributed by atoms with Crippen LogP contribution in [0.5, 0.6) is 0 Å². The second kappa shape index (κ2) is 5.83. The smallest absolute Gasteiger partial charge is 0.224 e. The molecule has 21 heavy (non-hydrogen) atoms. The molecule has 106 valence electrons. The van der Waals surface area contributed by atoms with Gasteiger partial charge in [0.15, 0.2) is 0 Å². The van der Waals surface area contributed by atoms with Crippen LogP contribution in [0, 0.1) is 0 Å². The van der Waals surface area contributed by atoms with Gasteiger partial charge in [-0.15, -0.1) is 0 Å². The van der Waals surface area contributed by atoms with Crippen LogP contribution in [0.25, 0.3) is 11.0 Å². The van der Waals surface area contributed by atoms with Gasteiger partial charge in [-0.3, -0.25) is 4.79 Å². The maximum absolute atomic E-state index is 12.1. The molecule has 3 heteroatoms. The summed E-state index contributed by atoms with van der Waals surface area (Å²) in [6.45, 7) is 1.93. The summed E-state index contributed by atoms with van der Waals surface area (Å²) in [4.78, 5) is 12.1. The molecule has 1 amide bonds. The van der Waals surface area contributed by atoms with Gasteiger partial charge >= 0.3 is 0 Å². The van der Waals surface area contributed by atoms with E-state index in [9.17, 15) is 4.79 Å². The second-order valence-corrected chi connectivity index (χ2v) is 5.14. The molecule has 1 N–H and O–H groups in total. The van der Waals surface area contributed by atoms with Crippen LogP contribution in [0.4, 0.5) is 0 Å². The predicted molar refractivity (Wildman–Crippen MR) is 82.9 cm³/mol. The highest BCUT2D eigenvalue weighted by molar-refractivity contribution is 5.80. The Kier molecular flexibility index (Phi) is 3.73. The first kappa shape index (κ1) is 13.4. The number of fused-ring (bicyclic) bond motifs is 1. The Bertz CT molecular complexity index is 713. The number of furan rings is 1. The molecule has 0 bridgehead atoms. The molecule has 3 aromatic rings. The van der Waals surface area contributed by atoms with E-state index < -0.39 is 0 Å². The van der Waals surface area contributed by atoms with Gasteiger partial charge in [-0.25, -0.2) is 0 Å². The van der Waals surface area contributed by atoms with E-state index in [-0.39, 0.29) is 11.9 Å². The van der Waals surface area contributed by atoms with Crippen molar-refractivity contribution in [3.8, 4) is 0 Å². The number of amides is 1. The van der Waals surface area contributed by atoms with E-state index in [1.165, 1.54) is 0 Å². The van der Waals surface area contributed by atoms with Crippen LogP contribution in [0.3, 0.4) is 0 Å². The lowest BCUT2D eigenvalue weighted by Crippen LogP contribution is -2.27. The number of para-hydroxylation sites is 1. The standard InChI is InChI=1S/C18H17NO2/c1-13(17-12-15-9-5-6-10-16(15)21-17)19-18(20)11-14-7-3-2-4-8-14/h2-10,12-13H,11H2,1H3,(H,19,20)/t13-/m0/s1. The van der Waals surface area contributed by atoms with Crippen LogP contribution in [0.2, 0.25) is 0 Å². The fourth-order valence-corrected chi connectivity index (χ4v) is 2.36. The Morgan fingerprint density at radius 2 is 1.81 bits per heavy atom. The van der Waals surface area contributed by atoms with Crippen molar-refractivity contribution in [2.75, 3.05) is 0 Å². The molecule has 0 saturated heterocycles. The minimum Gasteiger partial charge on any atom is -0.459 e. The number of benzene rings is 2. The summed E-state index contributed by atoms with van der Waals surface area (Å²) in [5.74, 6) is 0.770. The first-order chi connectivity index (χ1) is 10.2. The van der Waals surface area contributed by atoms with Crippen molar-refractivity contribution in [1.29, 1.82) is 0 Å². The number of hydrogen-bond donors (Lipinski definition) is 1. The van der Waals surface area contributed by atoms with E-state index in [4.69, 9.17) is 4.42 Å². The van der Waals surface area contributed by atoms with Gasteiger partial charge < -0.3 is 9.73 Å². The minimum atomic E-state index is -0.145. The SMILES string of the molecule is C[C@H](NC(=O)Cc1ccccc1)c1cc2ccccc2o1. The summed E-state index contributed by atoms with van der Waals surface area (Å²) in [5, 5.41) is 4.03. The summed E-state index contributed by atoms with van der Waals surface area (Å²) in [5.41, 5.74) is 1.85. The average molecular weight is 279 g/mol. The van der Waals surface area contributed by atoms with Gasteiger partial charge in [0.2, 0.25) is 5.91 Å². The zero-order valence-electron chi connectivity index (χ0n) is 11.9. The lowest BCUT2D eigenvalue weighted by atomic mass is 10.1. The average Bonchev–Trinajstić information content (AvgIpc) is 2.92. The molecule has 0 saturated carbocycles. The van der Waals surface area contributed by atoms with E-state index >= 15 is 0 Å². The van der Waals surface area contributed by atoms with E-state index in [2.05, 4.69) is 5.32 Å². The highest BCUT2D eigenvalue weighted by Gasteiger charge is 2.14. The van der Waals surface area contributed by atoms with Crippen molar-refractivity contribution in [2.24, 2.45) is 0 Å². The van der Waals surface area contributed by atoms with Crippen molar-refractivity contribution < 1.29 is 9.21 Å². The molecule has 1 heterocycles. The normalized spacial score (nSPS) is 12.2. The summed E-state index contributed by atoms with van der Waals surface area (Å²) in [6.07, 6.45) is 0.380. The van der Waals surface area contributed by atoms with Crippen molar-refractivity contribution >= 4 is 16.9 Å². The third-order valence-electron chi connectivity index (χ3n) is 3.46. The molecule has 3 nitrogen and oxygen atoms in total. The topological polar surface area (TPSA) is 42.2 Å². The Morgan fingerprint density at radius 3 is 2.57 bits per heavy atom. The largest absolute Gasteiger partial charge is 0.459 e. The van der Waals surface area contributed by atoms with Gasteiger partial charge in [0.25, 0.3) is 0 Å². The second-order valence-electron chi connectivity index (χ2n) is 5.14. The Morgan fingerprint density at radius 1 is 1.10 bits per heavy atom. The molecule has 0 unspecified atom stereocenters. The molecule has 0 aliphatic rings. The molecule has 0 aliphatic heterocycles. The number of rotatable bonds is 4. The zero-order chi connectivity index (χ0) is 14.7. The van der Waals surface area contributed by atoms with Crippen LogP contribution in [0.15, 0.2) is 65.1 Å². The van der Waals surface area contributed by atoms with Crippen LogP contribution >= 0.6 is 0 Å². The Hall–Kier alpha value is -2.55. The van der Waals surface area contributed by atoms with Crippen LogP contribution in [0.1, 0.15) is 24.3 Å². The van der Waals surface area contributed by atoms with Crippen LogP contribution in [-0.4, -0.2) is 5.91 Å². The Labute approximate surface area is 123 Å². The summed E-state index contributed by atoms with van der Waals surface area (Å²) < 4.78 is 5.77. The number of nitrogens with one attached hydrogen (secondary N) is 1. The molecule has 0 radical (unpaired) electrons. The monoisotopic (exact) mass is 279 g/mol. The van der Waals surface area contributed by atoms with Crippen LogP contribution < -0.4 is 5.32 Å². The summed E-state index contributed by atoms with van der Waals surface area (Å²) in [6, 6.07) is 19.4. The highest BCUT2D eigenvalue weighted by Crippen LogP contribution is 2.23. The fraction of sp³-hybridized carbons (Fsp3) is 0.167. The lowest BCUT2D eigenvalue weighted by molar-refractivity contribution is -0.121. The van der Waals surface area contributed by atoms with Gasteiger partial charge in [0.1, 0.15) is 11.3 Å². The predicted octanol–water partition coefficient (Wildman–Crippen LogP) is 3.85. The van der Waals surface area contributed by atoms with Gasteiger partial charge in [-0.2, -0.15) is 0 Å². The summed E-state index contributed by atoms with van der Waals surface area (Å²) >= 11 is 0. The lowest BCUT2D eigenvalue weighted by Gasteiger charge is -2.11. The van der Waals surface area contributed by atoms with Gasteiger partial charge in [0.05, 0.1) is 12.5 Å². The van der Waals surface area contributed by atoms with Gasteiger partial charge in [-0.1, -0.05) is 48.5 Å². The zero-order valence-corrected chi connectivity index (χ0v) is 11.9. The summed E-state index contributed by atoms with van der Waals surface area (Å²) in [7, 11) is 0. The number of carbonyl (C=O) groups is 1. The quantitative estimate of drug-likeness (QED) is 0.788. The highest BCUT2D eigenvalue weighted by atomic mass is 16.3. The third kappa shape index (κ3) is 3.14. The van der Waals surface area contributed by atoms with Gasteiger partial charge in [0, 0.05) is 5.39 Å². The van der Waals surface area contributed by atoms with Gasteiger partial charge in [-0.05, 0) is 24.6 Å². The third-order valence-corrected chi connectivity index (χ3v) is 3.46. The molecule has 1 aromatic heterocycles. The maximum atomic E-state index is 12.1. The fourth-order valence-electron chi connectivity index (χ4n) is 2.36. The molecular formula is C18H17NO2. The van der Waals surface area contributed by atoms with E-state index in [1.54, 1.807) is 0 Å². The number of carbonyl (C=O) groups excluding carboxylic acids is 1. The maximum Gasteiger partial charge on any atom is 0.224 e. The first-order valence-corrected chi connectivity index (χ1v) is 7.04. The minimum absolute atomic E-state index is 0.00541. The van der Waals surface area contributed by atoms with Crippen molar-refractivity contribution in [3.05, 3.63) is 72.0 Å². The first-order valence-electron chi connectivity index (χ1n) is 7.04. The van der Waals surface area contributed by atoms with Crippen molar-refractivity contribution in [3.63, 3.8) is 0 Å². The van der Waals surface area contributed by atoms with Crippen molar-refractivity contribution in [1.82, 2.24) is 5.32 Å². The van der Waals surface area contributed by atoms with Crippen LogP contribution in [-0.2, 0) is 11.2 Å². The molecule has 0 fully saturated rings. The molecule has 1 atom stereocenters. The molecular weight excluding hydrogens is 262 g/mol. The molecule has 3 rings (SSSR count). The molecule has 2 aromatic carbocycles. The van der Waals surface area contributed by atoms with Crippen molar-refractivity contribution in [2.45, 2.75) is 19.4 Å². The van der Waals surface area contributed by atoms with E-state index in [0.29, 0.717) is 6.42 Å².